The number of rotatable bonds is 2. The molecule has 3 rings (SSSR count). The predicted octanol–water partition coefficient (Wildman–Crippen LogP) is 1.07. The predicted molar refractivity (Wildman–Crippen MR) is 52.0 cm³/mol. The van der Waals surface area contributed by atoms with Crippen LogP contribution in [0.3, 0.4) is 0 Å². The summed E-state index contributed by atoms with van der Waals surface area (Å²) in [6.07, 6.45) is 5.66. The molecule has 0 spiro atoms. The average molecular weight is 210 g/mol. The molecule has 0 heterocycles. The molecule has 1 fully saturated rings. The van der Waals surface area contributed by atoms with Gasteiger partial charge in [-0.05, 0) is 24.7 Å². The van der Waals surface area contributed by atoms with Gasteiger partial charge in [0.2, 0.25) is 0 Å². The van der Waals surface area contributed by atoms with Gasteiger partial charge >= 0.3 is 11.9 Å². The number of carbonyl (C=O) groups excluding carboxylic acids is 1. The van der Waals surface area contributed by atoms with E-state index in [1.807, 2.05) is 12.2 Å². The van der Waals surface area contributed by atoms with Crippen LogP contribution in [0.1, 0.15) is 12.8 Å². The van der Waals surface area contributed by atoms with Crippen LogP contribution in [-0.2, 0) is 14.3 Å². The summed E-state index contributed by atoms with van der Waals surface area (Å²) >= 11 is 0. The molecule has 2 unspecified atom stereocenters. The van der Waals surface area contributed by atoms with Gasteiger partial charge in [0, 0.05) is 0 Å². The average Bonchev–Trinajstić information content (AvgIpc) is 2.28. The van der Waals surface area contributed by atoms with E-state index in [4.69, 9.17) is 5.11 Å². The number of methoxy groups -OCH3 is 1. The molecule has 2 bridgehead atoms. The summed E-state index contributed by atoms with van der Waals surface area (Å²) in [5.41, 5.74) is 0. The quantitative estimate of drug-likeness (QED) is 0.547. The number of ether oxygens (including phenoxy) is 1. The van der Waals surface area contributed by atoms with Crippen molar-refractivity contribution in [1.29, 1.82) is 0 Å². The van der Waals surface area contributed by atoms with Crippen molar-refractivity contribution in [2.75, 3.05) is 7.11 Å². The van der Waals surface area contributed by atoms with Gasteiger partial charge in [0.1, 0.15) is 0 Å². The lowest BCUT2D eigenvalue weighted by atomic mass is 9.62. The fourth-order valence-corrected chi connectivity index (χ4v) is 2.79. The molecular formula is C11H14O4. The van der Waals surface area contributed by atoms with Gasteiger partial charge in [-0.2, -0.15) is 0 Å². The number of carbonyl (C=O) groups is 2. The van der Waals surface area contributed by atoms with Gasteiger partial charge < -0.3 is 9.84 Å². The molecule has 0 amide bonds. The zero-order valence-corrected chi connectivity index (χ0v) is 8.55. The van der Waals surface area contributed by atoms with E-state index >= 15 is 0 Å². The third-order valence-corrected chi connectivity index (χ3v) is 3.51. The van der Waals surface area contributed by atoms with Gasteiger partial charge in [-0.1, -0.05) is 12.2 Å². The normalized spacial score (nSPS) is 37.7. The Bertz CT molecular complexity index is 321. The fourth-order valence-electron chi connectivity index (χ4n) is 2.79. The molecule has 0 aromatic carbocycles. The lowest BCUT2D eigenvalue weighted by Gasteiger charge is -2.41. The first-order valence-electron chi connectivity index (χ1n) is 5.14. The van der Waals surface area contributed by atoms with E-state index in [0.717, 1.165) is 12.8 Å². The molecule has 0 radical (unpaired) electrons. The molecule has 4 heteroatoms. The SMILES string of the molecule is COC(=O)[C@H]1C2C=CC(CC2)[C@H]1C(=O)O. The Balaban J connectivity index is 2.30. The first kappa shape index (κ1) is 10.2. The molecule has 15 heavy (non-hydrogen) atoms. The molecule has 0 aliphatic heterocycles. The fraction of sp³-hybridized carbons (Fsp3) is 0.636. The first-order valence-corrected chi connectivity index (χ1v) is 5.14. The van der Waals surface area contributed by atoms with E-state index in [0.29, 0.717) is 0 Å². The minimum atomic E-state index is -0.885. The third-order valence-electron chi connectivity index (χ3n) is 3.51. The second-order valence-electron chi connectivity index (χ2n) is 4.20. The zero-order valence-electron chi connectivity index (χ0n) is 8.55. The highest BCUT2D eigenvalue weighted by Gasteiger charge is 2.48. The van der Waals surface area contributed by atoms with Gasteiger partial charge in [0.25, 0.3) is 0 Å². The molecular weight excluding hydrogens is 196 g/mol. The molecule has 1 N–H and O–H groups in total. The number of hydrogen-bond acceptors (Lipinski definition) is 3. The summed E-state index contributed by atoms with van der Waals surface area (Å²) in [5, 5.41) is 9.13. The number of carboxylic acid groups (broad SMARTS) is 1. The van der Waals surface area contributed by atoms with Crippen molar-refractivity contribution < 1.29 is 19.4 Å². The minimum Gasteiger partial charge on any atom is -0.481 e. The van der Waals surface area contributed by atoms with Crippen LogP contribution in [0, 0.1) is 23.7 Å². The Morgan fingerprint density at radius 3 is 2.13 bits per heavy atom. The molecule has 82 valence electrons. The minimum absolute atomic E-state index is 0.00315. The smallest absolute Gasteiger partial charge is 0.310 e. The number of hydrogen-bond donors (Lipinski definition) is 1. The van der Waals surface area contributed by atoms with Crippen LogP contribution in [0.25, 0.3) is 0 Å². The Kier molecular flexibility index (Phi) is 2.50. The summed E-state index contributed by atoms with van der Waals surface area (Å²) in [6.45, 7) is 0. The van der Waals surface area contributed by atoms with Crippen LogP contribution in [0.4, 0.5) is 0 Å². The van der Waals surface area contributed by atoms with Crippen LogP contribution in [0.2, 0.25) is 0 Å². The highest BCUT2D eigenvalue weighted by atomic mass is 16.5. The highest BCUT2D eigenvalue weighted by molar-refractivity contribution is 5.82. The molecule has 1 saturated carbocycles. The van der Waals surface area contributed by atoms with Gasteiger partial charge in [-0.15, -0.1) is 0 Å². The largest absolute Gasteiger partial charge is 0.481 e. The van der Waals surface area contributed by atoms with Crippen molar-refractivity contribution in [3.63, 3.8) is 0 Å². The number of aliphatic carboxylic acids is 1. The monoisotopic (exact) mass is 210 g/mol. The maximum Gasteiger partial charge on any atom is 0.310 e. The van der Waals surface area contributed by atoms with E-state index < -0.39 is 17.8 Å². The number of allylic oxidation sites excluding steroid dienone is 2. The van der Waals surface area contributed by atoms with Crippen molar-refractivity contribution in [3.05, 3.63) is 12.2 Å². The summed E-state index contributed by atoms with van der Waals surface area (Å²) in [4.78, 5) is 22.7. The molecule has 4 nitrogen and oxygen atoms in total. The Morgan fingerprint density at radius 2 is 1.73 bits per heavy atom. The maximum atomic E-state index is 11.6. The van der Waals surface area contributed by atoms with Crippen molar-refractivity contribution in [1.82, 2.24) is 0 Å². The number of carboxylic acids is 1. The second kappa shape index (κ2) is 3.68. The summed E-state index contributed by atoms with van der Waals surface area (Å²) in [5.74, 6) is -2.32. The van der Waals surface area contributed by atoms with Crippen molar-refractivity contribution >= 4 is 11.9 Å². The standard InChI is InChI=1S/C11H14O4/c1-15-11(14)9-7-4-2-6(3-5-7)8(9)10(12)13/h2,4,6-9H,3,5H2,1H3,(H,12,13)/t6?,7?,8-,9+/m1/s1. The summed E-state index contributed by atoms with van der Waals surface area (Å²) in [6, 6.07) is 0. The Labute approximate surface area is 87.9 Å². The highest BCUT2D eigenvalue weighted by Crippen LogP contribution is 2.45. The lowest BCUT2D eigenvalue weighted by molar-refractivity contribution is -0.162. The van der Waals surface area contributed by atoms with E-state index in [1.54, 1.807) is 0 Å². The molecule has 0 saturated heterocycles. The zero-order chi connectivity index (χ0) is 11.0. The summed E-state index contributed by atoms with van der Waals surface area (Å²) in [7, 11) is 1.31. The topological polar surface area (TPSA) is 63.6 Å². The van der Waals surface area contributed by atoms with Crippen molar-refractivity contribution in [2.24, 2.45) is 23.7 Å². The van der Waals surface area contributed by atoms with Crippen LogP contribution in [0.15, 0.2) is 12.2 Å². The van der Waals surface area contributed by atoms with Crippen LogP contribution < -0.4 is 0 Å². The van der Waals surface area contributed by atoms with Gasteiger partial charge in [-0.3, -0.25) is 9.59 Å². The molecule has 0 aromatic heterocycles. The van der Waals surface area contributed by atoms with Gasteiger partial charge in [0.05, 0.1) is 18.9 Å². The first-order chi connectivity index (χ1) is 7.15. The number of esters is 1. The van der Waals surface area contributed by atoms with E-state index in [-0.39, 0.29) is 17.8 Å². The van der Waals surface area contributed by atoms with Crippen LogP contribution in [-0.4, -0.2) is 24.2 Å². The van der Waals surface area contributed by atoms with Crippen LogP contribution >= 0.6 is 0 Å². The third kappa shape index (κ3) is 1.54. The van der Waals surface area contributed by atoms with Crippen LogP contribution in [0.5, 0.6) is 0 Å². The number of fused-ring (bicyclic) bond motifs is 2. The van der Waals surface area contributed by atoms with Gasteiger partial charge in [-0.25, -0.2) is 0 Å². The molecule has 3 aliphatic rings. The Morgan fingerprint density at radius 1 is 1.20 bits per heavy atom. The maximum absolute atomic E-state index is 11.6. The Hall–Kier alpha value is -1.32. The molecule has 3 aliphatic carbocycles. The van der Waals surface area contributed by atoms with Gasteiger partial charge in [0.15, 0.2) is 0 Å². The lowest BCUT2D eigenvalue weighted by Crippen LogP contribution is -2.45. The van der Waals surface area contributed by atoms with E-state index in [9.17, 15) is 9.59 Å². The van der Waals surface area contributed by atoms with E-state index in [1.165, 1.54) is 7.11 Å². The molecule has 0 aromatic rings. The van der Waals surface area contributed by atoms with E-state index in [2.05, 4.69) is 4.74 Å². The summed E-state index contributed by atoms with van der Waals surface area (Å²) < 4.78 is 4.69. The van der Waals surface area contributed by atoms with Crippen molar-refractivity contribution in [3.8, 4) is 0 Å². The second-order valence-corrected chi connectivity index (χ2v) is 4.20. The van der Waals surface area contributed by atoms with Crippen molar-refractivity contribution in [2.45, 2.75) is 12.8 Å². The molecule has 4 atom stereocenters.